The number of carbonyl (C=O) groups excluding carboxylic acids is 1. The minimum atomic E-state index is -0.0743. The van der Waals surface area contributed by atoms with Gasteiger partial charge in [-0.25, -0.2) is 4.79 Å². The van der Waals surface area contributed by atoms with Gasteiger partial charge in [-0.05, 0) is 110 Å². The molecule has 4 nitrogen and oxygen atoms in total. The highest BCUT2D eigenvalue weighted by molar-refractivity contribution is 5.67. The Bertz CT molecular complexity index is 826. The molecule has 1 aliphatic rings. The number of carbonyl (C=O) groups is 1. The van der Waals surface area contributed by atoms with Crippen LogP contribution in [0.3, 0.4) is 0 Å². The standard InChI is InChI=1S/C48H88N2O2/c1-4-6-8-10-12-14-16-18-20-22-24-26-28-30-32-34-36-38-44-50(48(51)52-46-42-47-41-40-43-49(47)3)45-39-37-35-33-31-29-27-25-23-21-19-17-15-13-11-9-7-5-2/h12-15,18-21,47H,4-11,16-17,22-46H2,1-3H3/b14-12-,15-13-,20-18-,21-19-. The van der Waals surface area contributed by atoms with Crippen LogP contribution in [0.15, 0.2) is 48.6 Å². The molecule has 1 fully saturated rings. The molecule has 52 heavy (non-hydrogen) atoms. The second-order valence-corrected chi connectivity index (χ2v) is 15.7. The Morgan fingerprint density at radius 2 is 0.942 bits per heavy atom. The molecule has 1 aliphatic heterocycles. The van der Waals surface area contributed by atoms with E-state index in [1.165, 1.54) is 173 Å². The lowest BCUT2D eigenvalue weighted by atomic mass is 10.1. The van der Waals surface area contributed by atoms with Gasteiger partial charge in [0.1, 0.15) is 0 Å². The molecule has 4 heteroatoms. The van der Waals surface area contributed by atoms with Gasteiger partial charge in [0.15, 0.2) is 0 Å². The Kier molecular flexibility index (Phi) is 36.1. The molecule has 0 radical (unpaired) electrons. The first-order valence-electron chi connectivity index (χ1n) is 22.9. The van der Waals surface area contributed by atoms with E-state index in [1.807, 2.05) is 4.90 Å². The second-order valence-electron chi connectivity index (χ2n) is 15.7. The number of allylic oxidation sites excluding steroid dienone is 8. The predicted octanol–water partition coefficient (Wildman–Crippen LogP) is 15.1. The highest BCUT2D eigenvalue weighted by Gasteiger charge is 2.21. The average molecular weight is 725 g/mol. The van der Waals surface area contributed by atoms with Gasteiger partial charge in [0.05, 0.1) is 6.61 Å². The third-order valence-electron chi connectivity index (χ3n) is 10.9. The van der Waals surface area contributed by atoms with Gasteiger partial charge >= 0.3 is 6.09 Å². The molecule has 0 aromatic rings. The number of nitrogens with zero attached hydrogens (tertiary/aromatic N) is 2. The quantitative estimate of drug-likeness (QED) is 0.0472. The zero-order chi connectivity index (χ0) is 37.4. The molecule has 1 saturated heterocycles. The first-order valence-corrected chi connectivity index (χ1v) is 22.9. The van der Waals surface area contributed by atoms with Crippen LogP contribution in [-0.4, -0.2) is 55.2 Å². The summed E-state index contributed by atoms with van der Waals surface area (Å²) in [5, 5.41) is 0. The third-order valence-corrected chi connectivity index (χ3v) is 10.9. The maximum Gasteiger partial charge on any atom is 0.409 e. The highest BCUT2D eigenvalue weighted by atomic mass is 16.6. The van der Waals surface area contributed by atoms with E-state index in [-0.39, 0.29) is 6.09 Å². The highest BCUT2D eigenvalue weighted by Crippen LogP contribution is 2.18. The minimum absolute atomic E-state index is 0.0743. The van der Waals surface area contributed by atoms with Crippen molar-refractivity contribution in [3.63, 3.8) is 0 Å². The molecule has 0 aromatic carbocycles. The lowest BCUT2D eigenvalue weighted by Crippen LogP contribution is -2.34. The fourth-order valence-corrected chi connectivity index (χ4v) is 7.30. The summed E-state index contributed by atoms with van der Waals surface area (Å²) in [6, 6.07) is 0.578. The van der Waals surface area contributed by atoms with Crippen LogP contribution in [0.1, 0.15) is 213 Å². The van der Waals surface area contributed by atoms with E-state index in [1.54, 1.807) is 0 Å². The topological polar surface area (TPSA) is 32.8 Å². The van der Waals surface area contributed by atoms with Crippen molar-refractivity contribution >= 4 is 6.09 Å². The monoisotopic (exact) mass is 725 g/mol. The molecule has 0 aromatic heterocycles. The second kappa shape index (κ2) is 38.9. The molecule has 0 spiro atoms. The average Bonchev–Trinajstić information content (AvgIpc) is 3.56. The Hall–Kier alpha value is -1.81. The summed E-state index contributed by atoms with van der Waals surface area (Å²) in [5.41, 5.74) is 0. The molecule has 1 rings (SSSR count). The molecule has 0 saturated carbocycles. The molecule has 1 heterocycles. The summed E-state index contributed by atoms with van der Waals surface area (Å²) < 4.78 is 5.83. The van der Waals surface area contributed by atoms with Crippen LogP contribution in [0.2, 0.25) is 0 Å². The van der Waals surface area contributed by atoms with Crippen LogP contribution in [0.4, 0.5) is 4.79 Å². The summed E-state index contributed by atoms with van der Waals surface area (Å²) in [6.45, 7) is 7.97. The molecule has 1 atom stereocenters. The fourth-order valence-electron chi connectivity index (χ4n) is 7.30. The van der Waals surface area contributed by atoms with Gasteiger partial charge in [-0.1, -0.05) is 165 Å². The van der Waals surface area contributed by atoms with Crippen LogP contribution in [0.5, 0.6) is 0 Å². The number of amides is 1. The number of likely N-dealkylation sites (tertiary alicyclic amines) is 1. The first-order chi connectivity index (χ1) is 25.7. The van der Waals surface area contributed by atoms with Gasteiger partial charge in [-0.15, -0.1) is 0 Å². The lowest BCUT2D eigenvalue weighted by molar-refractivity contribution is 0.0930. The molecule has 0 N–H and O–H groups in total. The molecule has 0 bridgehead atoms. The molecule has 0 aliphatic carbocycles. The summed E-state index contributed by atoms with van der Waals surface area (Å²) in [5.74, 6) is 0. The summed E-state index contributed by atoms with van der Waals surface area (Å²) >= 11 is 0. The van der Waals surface area contributed by atoms with Crippen molar-refractivity contribution in [2.45, 2.75) is 219 Å². The van der Waals surface area contributed by atoms with E-state index in [0.29, 0.717) is 12.6 Å². The van der Waals surface area contributed by atoms with Crippen molar-refractivity contribution < 1.29 is 9.53 Å². The Labute approximate surface area is 325 Å². The largest absolute Gasteiger partial charge is 0.449 e. The summed E-state index contributed by atoms with van der Waals surface area (Å²) in [7, 11) is 2.20. The van der Waals surface area contributed by atoms with Gasteiger partial charge in [0.2, 0.25) is 0 Å². The Balaban J connectivity index is 2.13. The van der Waals surface area contributed by atoms with Crippen molar-refractivity contribution in [1.29, 1.82) is 0 Å². The predicted molar refractivity (Wildman–Crippen MR) is 230 cm³/mol. The summed E-state index contributed by atoms with van der Waals surface area (Å²) in [4.78, 5) is 17.6. The molecule has 1 amide bonds. The van der Waals surface area contributed by atoms with E-state index >= 15 is 0 Å². The Morgan fingerprint density at radius 1 is 0.558 bits per heavy atom. The van der Waals surface area contributed by atoms with Crippen LogP contribution in [0.25, 0.3) is 0 Å². The van der Waals surface area contributed by atoms with Gasteiger partial charge in [0, 0.05) is 19.1 Å². The fraction of sp³-hybridized carbons (Fsp3) is 0.812. The van der Waals surface area contributed by atoms with Crippen molar-refractivity contribution in [2.24, 2.45) is 0 Å². The number of rotatable bonds is 37. The van der Waals surface area contributed by atoms with Gasteiger partial charge < -0.3 is 14.5 Å². The smallest absolute Gasteiger partial charge is 0.409 e. The van der Waals surface area contributed by atoms with E-state index < -0.39 is 0 Å². The van der Waals surface area contributed by atoms with Crippen LogP contribution >= 0.6 is 0 Å². The van der Waals surface area contributed by atoms with E-state index in [9.17, 15) is 4.79 Å². The van der Waals surface area contributed by atoms with Crippen LogP contribution in [-0.2, 0) is 4.74 Å². The Morgan fingerprint density at radius 3 is 1.33 bits per heavy atom. The maximum absolute atomic E-state index is 13.1. The summed E-state index contributed by atoms with van der Waals surface area (Å²) in [6.07, 6.45) is 57.9. The van der Waals surface area contributed by atoms with E-state index in [4.69, 9.17) is 4.74 Å². The van der Waals surface area contributed by atoms with Crippen LogP contribution in [0, 0.1) is 0 Å². The molecular weight excluding hydrogens is 637 g/mol. The van der Waals surface area contributed by atoms with Gasteiger partial charge in [-0.3, -0.25) is 0 Å². The first kappa shape index (κ1) is 48.2. The van der Waals surface area contributed by atoms with Crippen molar-refractivity contribution in [1.82, 2.24) is 9.80 Å². The van der Waals surface area contributed by atoms with Crippen molar-refractivity contribution in [3.05, 3.63) is 48.6 Å². The zero-order valence-electron chi connectivity index (χ0n) is 35.2. The SMILES string of the molecule is CCCCC/C=C\C/C=C\CCCCCCCCCCN(CCCCCCCCCC/C=C\C/C=C\CCCCC)C(=O)OCCC1CCCN1C. The lowest BCUT2D eigenvalue weighted by Gasteiger charge is -2.24. The number of unbranched alkanes of at least 4 members (excludes halogenated alkanes) is 22. The molecular formula is C48H88N2O2. The minimum Gasteiger partial charge on any atom is -0.449 e. The zero-order valence-corrected chi connectivity index (χ0v) is 35.2. The van der Waals surface area contributed by atoms with Crippen molar-refractivity contribution in [2.75, 3.05) is 33.3 Å². The third kappa shape index (κ3) is 31.7. The molecule has 302 valence electrons. The number of hydrogen-bond donors (Lipinski definition) is 0. The van der Waals surface area contributed by atoms with E-state index in [2.05, 4.69) is 74.4 Å². The van der Waals surface area contributed by atoms with Gasteiger partial charge in [-0.2, -0.15) is 0 Å². The normalized spacial score (nSPS) is 15.4. The number of ether oxygens (including phenoxy) is 1. The van der Waals surface area contributed by atoms with Crippen molar-refractivity contribution in [3.8, 4) is 0 Å². The van der Waals surface area contributed by atoms with Gasteiger partial charge in [0.25, 0.3) is 0 Å². The van der Waals surface area contributed by atoms with Crippen LogP contribution < -0.4 is 0 Å². The maximum atomic E-state index is 13.1. The van der Waals surface area contributed by atoms with E-state index in [0.717, 1.165) is 45.2 Å². The number of hydrogen-bond acceptors (Lipinski definition) is 3. The molecule has 1 unspecified atom stereocenters.